The molecule has 1 fully saturated rings. The monoisotopic (exact) mass is 199 g/mol. The number of rotatable bonds is 5. The lowest BCUT2D eigenvalue weighted by Gasteiger charge is -2.31. The van der Waals surface area contributed by atoms with Gasteiger partial charge < -0.3 is 16.0 Å². The van der Waals surface area contributed by atoms with Gasteiger partial charge in [0.2, 0.25) is 5.91 Å². The molecule has 82 valence electrons. The molecule has 0 saturated carbocycles. The second kappa shape index (κ2) is 5.98. The van der Waals surface area contributed by atoms with Gasteiger partial charge in [0, 0.05) is 13.0 Å². The van der Waals surface area contributed by atoms with Crippen LogP contribution < -0.4 is 11.1 Å². The van der Waals surface area contributed by atoms with Crippen molar-refractivity contribution in [3.8, 4) is 0 Å². The van der Waals surface area contributed by atoms with Gasteiger partial charge in [0.15, 0.2) is 0 Å². The van der Waals surface area contributed by atoms with Crippen molar-refractivity contribution in [2.45, 2.75) is 19.3 Å². The summed E-state index contributed by atoms with van der Waals surface area (Å²) in [6, 6.07) is 0. The molecular weight excluding hydrogens is 178 g/mol. The van der Waals surface area contributed by atoms with Gasteiger partial charge in [-0.3, -0.25) is 4.79 Å². The average molecular weight is 199 g/mol. The predicted molar refractivity (Wildman–Crippen MR) is 56.9 cm³/mol. The Balaban J connectivity index is 2.12. The minimum atomic E-state index is -0.192. The van der Waals surface area contributed by atoms with Crippen LogP contribution in [0.4, 0.5) is 0 Å². The van der Waals surface area contributed by atoms with Crippen molar-refractivity contribution in [2.75, 3.05) is 33.2 Å². The van der Waals surface area contributed by atoms with E-state index >= 15 is 0 Å². The van der Waals surface area contributed by atoms with Crippen LogP contribution in [0.3, 0.4) is 0 Å². The van der Waals surface area contributed by atoms with E-state index in [1.54, 1.807) is 0 Å². The van der Waals surface area contributed by atoms with Crippen molar-refractivity contribution >= 4 is 5.91 Å². The number of hydrogen-bond acceptors (Lipinski definition) is 3. The largest absolute Gasteiger partial charge is 0.370 e. The molecule has 14 heavy (non-hydrogen) atoms. The SMILES string of the molecule is CNCC1CCN(CCC(N)=O)CC1. The van der Waals surface area contributed by atoms with E-state index in [0.29, 0.717) is 6.42 Å². The molecule has 0 aromatic heterocycles. The maximum atomic E-state index is 10.6. The van der Waals surface area contributed by atoms with E-state index in [1.165, 1.54) is 12.8 Å². The maximum absolute atomic E-state index is 10.6. The molecule has 1 aliphatic heterocycles. The molecule has 0 unspecified atom stereocenters. The van der Waals surface area contributed by atoms with Crippen molar-refractivity contribution in [3.63, 3.8) is 0 Å². The highest BCUT2D eigenvalue weighted by atomic mass is 16.1. The summed E-state index contributed by atoms with van der Waals surface area (Å²) in [6.45, 7) is 4.17. The quantitative estimate of drug-likeness (QED) is 0.644. The minimum absolute atomic E-state index is 0.192. The number of likely N-dealkylation sites (tertiary alicyclic amines) is 1. The molecule has 0 atom stereocenters. The van der Waals surface area contributed by atoms with E-state index in [9.17, 15) is 4.79 Å². The van der Waals surface area contributed by atoms with Gasteiger partial charge in [-0.05, 0) is 45.4 Å². The number of amides is 1. The zero-order chi connectivity index (χ0) is 10.4. The van der Waals surface area contributed by atoms with Crippen LogP contribution in [0.25, 0.3) is 0 Å². The smallest absolute Gasteiger partial charge is 0.218 e. The lowest BCUT2D eigenvalue weighted by atomic mass is 9.97. The third-order valence-corrected chi connectivity index (χ3v) is 2.87. The van der Waals surface area contributed by atoms with E-state index in [-0.39, 0.29) is 5.91 Å². The fourth-order valence-electron chi connectivity index (χ4n) is 1.97. The van der Waals surface area contributed by atoms with E-state index in [2.05, 4.69) is 10.2 Å². The van der Waals surface area contributed by atoms with Gasteiger partial charge in [-0.2, -0.15) is 0 Å². The first-order valence-electron chi connectivity index (χ1n) is 5.37. The molecule has 4 heteroatoms. The van der Waals surface area contributed by atoms with Gasteiger partial charge in [-0.1, -0.05) is 0 Å². The first-order valence-corrected chi connectivity index (χ1v) is 5.37. The predicted octanol–water partition coefficient (Wildman–Crippen LogP) is -0.207. The second-order valence-electron chi connectivity index (χ2n) is 4.06. The molecule has 1 aliphatic rings. The Labute approximate surface area is 85.8 Å². The Kier molecular flexibility index (Phi) is 4.90. The Morgan fingerprint density at radius 3 is 2.64 bits per heavy atom. The second-order valence-corrected chi connectivity index (χ2v) is 4.06. The van der Waals surface area contributed by atoms with Crippen LogP contribution in [0.5, 0.6) is 0 Å². The topological polar surface area (TPSA) is 58.4 Å². The van der Waals surface area contributed by atoms with Crippen molar-refractivity contribution in [3.05, 3.63) is 0 Å². The van der Waals surface area contributed by atoms with Crippen LogP contribution in [-0.2, 0) is 4.79 Å². The summed E-state index contributed by atoms with van der Waals surface area (Å²) in [7, 11) is 2.00. The number of nitrogens with two attached hydrogens (primary N) is 1. The summed E-state index contributed by atoms with van der Waals surface area (Å²) in [5.74, 6) is 0.618. The van der Waals surface area contributed by atoms with Gasteiger partial charge in [-0.25, -0.2) is 0 Å². The number of piperidine rings is 1. The first-order chi connectivity index (χ1) is 6.72. The first kappa shape index (κ1) is 11.5. The molecule has 0 aliphatic carbocycles. The van der Waals surface area contributed by atoms with Crippen molar-refractivity contribution in [1.82, 2.24) is 10.2 Å². The van der Waals surface area contributed by atoms with Crippen molar-refractivity contribution < 1.29 is 4.79 Å². The summed E-state index contributed by atoms with van der Waals surface area (Å²) in [6.07, 6.45) is 2.97. The van der Waals surface area contributed by atoms with Crippen LogP contribution in [0.15, 0.2) is 0 Å². The number of nitrogens with one attached hydrogen (secondary N) is 1. The normalized spacial score (nSPS) is 19.8. The summed E-state index contributed by atoms with van der Waals surface area (Å²) < 4.78 is 0. The van der Waals surface area contributed by atoms with Crippen LogP contribution in [-0.4, -0.2) is 44.0 Å². The highest BCUT2D eigenvalue weighted by molar-refractivity contribution is 5.73. The number of carbonyl (C=O) groups excluding carboxylic acids is 1. The lowest BCUT2D eigenvalue weighted by Crippen LogP contribution is -2.38. The van der Waals surface area contributed by atoms with Gasteiger partial charge >= 0.3 is 0 Å². The fourth-order valence-corrected chi connectivity index (χ4v) is 1.97. The highest BCUT2D eigenvalue weighted by Crippen LogP contribution is 2.15. The molecule has 1 amide bonds. The molecule has 0 bridgehead atoms. The Morgan fingerprint density at radius 1 is 1.50 bits per heavy atom. The number of primary amides is 1. The number of hydrogen-bond donors (Lipinski definition) is 2. The van der Waals surface area contributed by atoms with E-state index in [1.807, 2.05) is 7.05 Å². The summed E-state index contributed by atoms with van der Waals surface area (Å²) in [5.41, 5.74) is 5.11. The highest BCUT2D eigenvalue weighted by Gasteiger charge is 2.18. The Bertz CT molecular complexity index is 176. The molecule has 1 heterocycles. The third kappa shape index (κ3) is 4.07. The maximum Gasteiger partial charge on any atom is 0.218 e. The van der Waals surface area contributed by atoms with Crippen LogP contribution in [0, 0.1) is 5.92 Å². The summed E-state index contributed by atoms with van der Waals surface area (Å²) >= 11 is 0. The summed E-state index contributed by atoms with van der Waals surface area (Å²) in [4.78, 5) is 12.9. The van der Waals surface area contributed by atoms with E-state index < -0.39 is 0 Å². The zero-order valence-electron chi connectivity index (χ0n) is 8.96. The molecule has 0 aromatic rings. The minimum Gasteiger partial charge on any atom is -0.370 e. The fraction of sp³-hybridized carbons (Fsp3) is 0.900. The average Bonchev–Trinajstić information content (AvgIpc) is 2.17. The zero-order valence-corrected chi connectivity index (χ0v) is 8.96. The molecule has 0 radical (unpaired) electrons. The van der Waals surface area contributed by atoms with Gasteiger partial charge in [0.1, 0.15) is 0 Å². The van der Waals surface area contributed by atoms with Crippen LogP contribution in [0.1, 0.15) is 19.3 Å². The Hall–Kier alpha value is -0.610. The third-order valence-electron chi connectivity index (χ3n) is 2.87. The number of nitrogens with zero attached hydrogens (tertiary/aromatic N) is 1. The molecule has 1 rings (SSSR count). The summed E-state index contributed by atoms with van der Waals surface area (Å²) in [5, 5.41) is 3.21. The van der Waals surface area contributed by atoms with E-state index in [4.69, 9.17) is 5.73 Å². The van der Waals surface area contributed by atoms with E-state index in [0.717, 1.165) is 32.1 Å². The van der Waals surface area contributed by atoms with Crippen LogP contribution in [0.2, 0.25) is 0 Å². The van der Waals surface area contributed by atoms with Gasteiger partial charge in [0.05, 0.1) is 0 Å². The molecule has 3 N–H and O–H groups in total. The standard InChI is InChI=1S/C10H21N3O/c1-12-8-9-2-5-13(6-3-9)7-4-10(11)14/h9,12H,2-8H2,1H3,(H2,11,14). The molecule has 4 nitrogen and oxygen atoms in total. The lowest BCUT2D eigenvalue weighted by molar-refractivity contribution is -0.118. The van der Waals surface area contributed by atoms with Crippen LogP contribution >= 0.6 is 0 Å². The molecule has 0 aromatic carbocycles. The molecular formula is C10H21N3O. The Morgan fingerprint density at radius 2 is 2.14 bits per heavy atom. The molecule has 0 spiro atoms. The van der Waals surface area contributed by atoms with Crippen molar-refractivity contribution in [1.29, 1.82) is 0 Å². The molecule has 1 saturated heterocycles. The van der Waals surface area contributed by atoms with Gasteiger partial charge in [0.25, 0.3) is 0 Å². The van der Waals surface area contributed by atoms with Gasteiger partial charge in [-0.15, -0.1) is 0 Å². The van der Waals surface area contributed by atoms with Crippen molar-refractivity contribution in [2.24, 2.45) is 11.7 Å². The number of carbonyl (C=O) groups is 1.